The minimum atomic E-state index is 0. The maximum Gasteiger partial charge on any atom is 1.00 e. The molecule has 0 fully saturated rings. The van der Waals surface area contributed by atoms with E-state index in [1.54, 1.807) is 0 Å². The summed E-state index contributed by atoms with van der Waals surface area (Å²) >= 11 is 0. The molecular formula is H3O3Rb3Sb. The van der Waals surface area contributed by atoms with E-state index in [9.17, 15) is 0 Å². The smallest absolute Gasteiger partial charge is 0.870 e. The van der Waals surface area contributed by atoms with E-state index in [0.29, 0.717) is 0 Å². The third kappa shape index (κ3) is 33.2. The van der Waals surface area contributed by atoms with Crippen molar-refractivity contribution in [3.8, 4) is 0 Å². The predicted molar refractivity (Wildman–Crippen MR) is 11.6 cm³/mol. The molecule has 0 rings (SSSR count). The van der Waals surface area contributed by atoms with E-state index in [-0.39, 0.29) is 215 Å². The second kappa shape index (κ2) is 40.0. The first-order valence-corrected chi connectivity index (χ1v) is 0. The molecule has 3 radical (unpaired) electrons. The van der Waals surface area contributed by atoms with Crippen LogP contribution in [0.3, 0.4) is 0 Å². The molecule has 0 aromatic carbocycles. The van der Waals surface area contributed by atoms with E-state index in [0.717, 1.165) is 0 Å². The Morgan fingerprint density at radius 2 is 0.429 bits per heavy atom. The van der Waals surface area contributed by atoms with Crippen LogP contribution in [0.1, 0.15) is 0 Å². The van der Waals surface area contributed by atoms with Crippen LogP contribution in [0.5, 0.6) is 0 Å². The maximum atomic E-state index is 0. The first-order valence-electron chi connectivity index (χ1n) is 0. The van der Waals surface area contributed by atoms with Crippen molar-refractivity contribution in [1.29, 1.82) is 0 Å². The summed E-state index contributed by atoms with van der Waals surface area (Å²) in [6.45, 7) is 0. The Kier molecular flexibility index (Phi) is 294. The average Bonchev–Trinajstić information content (AvgIpc) is 0. The van der Waals surface area contributed by atoms with Gasteiger partial charge in [0.1, 0.15) is 0 Å². The standard InChI is InChI=1S/3H2O.3Rb.Sb/h3*1H2;;;;/q;;;3*+1;/p-3. The Morgan fingerprint density at radius 1 is 0.429 bits per heavy atom. The van der Waals surface area contributed by atoms with Crippen LogP contribution >= 0.6 is 0 Å². The van der Waals surface area contributed by atoms with Gasteiger partial charge < -0.3 is 16.4 Å². The zero-order valence-electron chi connectivity index (χ0n) is 4.79. The molecule has 0 bridgehead atoms. The molecule has 0 aromatic rings. The molecule has 3 nitrogen and oxygen atoms in total. The minimum Gasteiger partial charge on any atom is -0.870 e. The van der Waals surface area contributed by atoms with Gasteiger partial charge in [-0.1, -0.05) is 0 Å². The van der Waals surface area contributed by atoms with Gasteiger partial charge in [0.2, 0.25) is 0 Å². The summed E-state index contributed by atoms with van der Waals surface area (Å²) in [5.74, 6) is 0. The summed E-state index contributed by atoms with van der Waals surface area (Å²) in [5, 5.41) is 0. The second-order valence-electron chi connectivity index (χ2n) is 0. The summed E-state index contributed by atoms with van der Waals surface area (Å²) in [4.78, 5) is 0. The molecule has 0 spiro atoms. The van der Waals surface area contributed by atoms with Gasteiger partial charge in [0.05, 0.1) is 0 Å². The molecule has 0 aliphatic carbocycles. The van der Waals surface area contributed by atoms with E-state index in [4.69, 9.17) is 0 Å². The van der Waals surface area contributed by atoms with E-state index < -0.39 is 0 Å². The van der Waals surface area contributed by atoms with Crippen molar-refractivity contribution < 1.29 is 191 Å². The summed E-state index contributed by atoms with van der Waals surface area (Å²) < 4.78 is 0. The van der Waals surface area contributed by atoms with Gasteiger partial charge in [-0.05, 0) is 0 Å². The van der Waals surface area contributed by atoms with Crippen molar-refractivity contribution in [1.82, 2.24) is 0 Å². The Morgan fingerprint density at radius 3 is 0.429 bits per heavy atom. The van der Waals surface area contributed by atoms with Crippen LogP contribution in [0.25, 0.3) is 0 Å². The van der Waals surface area contributed by atoms with Gasteiger partial charge in [0.25, 0.3) is 0 Å². The van der Waals surface area contributed by atoms with Gasteiger partial charge >= 0.3 is 175 Å². The molecular weight excluding hydrogens is 426 g/mol. The number of rotatable bonds is 0. The molecule has 29 valence electrons. The van der Waals surface area contributed by atoms with E-state index >= 15 is 0 Å². The van der Waals surface area contributed by atoms with Gasteiger partial charge in [-0.3, -0.25) is 0 Å². The minimum absolute atomic E-state index is 0. The van der Waals surface area contributed by atoms with Gasteiger partial charge in [-0.2, -0.15) is 0 Å². The van der Waals surface area contributed by atoms with Gasteiger partial charge in [-0.15, -0.1) is 0 Å². The van der Waals surface area contributed by atoms with Crippen LogP contribution in [0.15, 0.2) is 0 Å². The Hall–Kier alpha value is 6.11. The van der Waals surface area contributed by atoms with Crippen molar-refractivity contribution in [2.45, 2.75) is 0 Å². The molecule has 0 aliphatic rings. The van der Waals surface area contributed by atoms with Crippen molar-refractivity contribution in [2.24, 2.45) is 0 Å². The van der Waals surface area contributed by atoms with E-state index in [1.165, 1.54) is 0 Å². The van der Waals surface area contributed by atoms with E-state index in [1.807, 2.05) is 0 Å². The molecule has 0 saturated heterocycles. The number of hydrogen-bond acceptors (Lipinski definition) is 3. The summed E-state index contributed by atoms with van der Waals surface area (Å²) in [7, 11) is 0. The first-order chi connectivity index (χ1) is 0. The Balaban J connectivity index is 0. The summed E-state index contributed by atoms with van der Waals surface area (Å²) in [6, 6.07) is 0. The fraction of sp³-hybridized carbons (Fsp3) is 0. The normalized spacial score (nSPS) is 0. The second-order valence-corrected chi connectivity index (χ2v) is 0. The molecule has 7 heteroatoms. The fourth-order valence-electron chi connectivity index (χ4n) is 0. The third-order valence-corrected chi connectivity index (χ3v) is 0. The van der Waals surface area contributed by atoms with Gasteiger partial charge in [0, 0.05) is 24.4 Å². The maximum absolute atomic E-state index is 0. The average molecular weight is 429 g/mol. The molecule has 0 unspecified atom stereocenters. The topological polar surface area (TPSA) is 90.0 Å². The van der Waals surface area contributed by atoms with Crippen LogP contribution in [-0.2, 0) is 0 Å². The molecule has 0 heterocycles. The van der Waals surface area contributed by atoms with Crippen molar-refractivity contribution >= 4 is 24.4 Å². The number of hydrogen-bond donors (Lipinski definition) is 0. The predicted octanol–water partition coefficient (Wildman–Crippen LogP) is -9.90. The molecule has 7 heavy (non-hydrogen) atoms. The van der Waals surface area contributed by atoms with Crippen LogP contribution in [0.2, 0.25) is 0 Å². The van der Waals surface area contributed by atoms with Crippen LogP contribution in [0.4, 0.5) is 0 Å². The summed E-state index contributed by atoms with van der Waals surface area (Å²) in [6.07, 6.45) is 0. The monoisotopic (exact) mass is 427 g/mol. The molecule has 0 atom stereocenters. The Bertz CT molecular complexity index is 10.1. The van der Waals surface area contributed by atoms with Crippen molar-refractivity contribution in [3.63, 3.8) is 0 Å². The zero-order valence-corrected chi connectivity index (χ0v) is 22.1. The molecule has 0 saturated carbocycles. The molecule has 0 aromatic heterocycles. The van der Waals surface area contributed by atoms with Crippen molar-refractivity contribution in [3.05, 3.63) is 0 Å². The molecule has 0 aliphatic heterocycles. The van der Waals surface area contributed by atoms with Gasteiger partial charge in [-0.25, -0.2) is 0 Å². The molecule has 0 amide bonds. The summed E-state index contributed by atoms with van der Waals surface area (Å²) in [5.41, 5.74) is 0. The van der Waals surface area contributed by atoms with Crippen molar-refractivity contribution in [2.75, 3.05) is 0 Å². The fourth-order valence-corrected chi connectivity index (χ4v) is 0. The van der Waals surface area contributed by atoms with E-state index in [2.05, 4.69) is 0 Å². The van der Waals surface area contributed by atoms with Crippen LogP contribution in [-0.4, -0.2) is 40.9 Å². The Labute approximate surface area is 207 Å². The largest absolute Gasteiger partial charge is 1.00 e. The van der Waals surface area contributed by atoms with Crippen LogP contribution in [0, 0.1) is 0 Å². The van der Waals surface area contributed by atoms with Gasteiger partial charge in [0.15, 0.2) is 0 Å². The third-order valence-electron chi connectivity index (χ3n) is 0. The molecule has 3 N–H and O–H groups in total. The zero-order chi connectivity index (χ0) is 0. The SMILES string of the molecule is [OH-].[OH-].[OH-].[Rb+].[Rb+].[Rb+].[Sb]. The van der Waals surface area contributed by atoms with Crippen LogP contribution < -0.4 is 175 Å². The quantitative estimate of drug-likeness (QED) is 0.359. The first kappa shape index (κ1) is 51.5.